The Balaban J connectivity index is 0.00000280. The number of fused-ring (bicyclic) bond motifs is 2. The smallest absolute Gasteiger partial charge is 0.309 e. The monoisotopic (exact) mass is 459 g/mol. The number of carbonyl (C=O) groups is 1. The summed E-state index contributed by atoms with van der Waals surface area (Å²) in [5, 5.41) is 0. The minimum atomic E-state index is 0. The third-order valence-electron chi connectivity index (χ3n) is 8.23. The normalized spacial score (nSPS) is 33.0. The van der Waals surface area contributed by atoms with Gasteiger partial charge in [-0.05, 0) is 65.2 Å². The van der Waals surface area contributed by atoms with E-state index in [-0.39, 0.29) is 28.9 Å². The average Bonchev–Trinajstić information content (AvgIpc) is 2.65. The van der Waals surface area contributed by atoms with Gasteiger partial charge in [-0.2, -0.15) is 0 Å². The van der Waals surface area contributed by atoms with E-state index in [0.29, 0.717) is 42.7 Å². The van der Waals surface area contributed by atoms with Crippen LogP contribution < -0.4 is 17.0 Å². The van der Waals surface area contributed by atoms with Crippen LogP contribution in [0.1, 0.15) is 79.1 Å². The molecule has 1 aliphatic heterocycles. The molecule has 5 heteroatoms. The van der Waals surface area contributed by atoms with Gasteiger partial charge in [0.15, 0.2) is 0 Å². The molecule has 0 N–H and O–H groups in total. The van der Waals surface area contributed by atoms with Gasteiger partial charge in [-0.1, -0.05) is 25.7 Å². The maximum absolute atomic E-state index is 13.2. The SMILES string of the molecule is CC(C)[N+](C)(CCOC(=O)C1C2CCCCC2OC2CCCCC21)C(C)C.[Br-]. The van der Waals surface area contributed by atoms with Crippen molar-refractivity contribution in [1.29, 1.82) is 0 Å². The molecule has 0 aromatic heterocycles. The molecule has 3 fully saturated rings. The molecule has 4 nitrogen and oxygen atoms in total. The van der Waals surface area contributed by atoms with Crippen LogP contribution in [0.5, 0.6) is 0 Å². The summed E-state index contributed by atoms with van der Waals surface area (Å²) in [6, 6.07) is 1.05. The summed E-state index contributed by atoms with van der Waals surface area (Å²) in [4.78, 5) is 13.2. The summed E-state index contributed by atoms with van der Waals surface area (Å²) < 4.78 is 13.4. The fourth-order valence-corrected chi connectivity index (χ4v) is 5.85. The topological polar surface area (TPSA) is 35.5 Å². The van der Waals surface area contributed by atoms with Crippen LogP contribution in [-0.4, -0.2) is 54.9 Å². The molecule has 1 saturated heterocycles. The Labute approximate surface area is 183 Å². The van der Waals surface area contributed by atoms with Gasteiger partial charge in [0.2, 0.25) is 0 Å². The molecule has 0 aromatic carbocycles. The van der Waals surface area contributed by atoms with Crippen LogP contribution in [0.3, 0.4) is 0 Å². The molecular formula is C23H42BrNO3. The lowest BCUT2D eigenvalue weighted by atomic mass is 9.65. The predicted octanol–water partition coefficient (Wildman–Crippen LogP) is 1.56. The number of rotatable bonds is 6. The van der Waals surface area contributed by atoms with Crippen molar-refractivity contribution in [3.63, 3.8) is 0 Å². The number of carbonyl (C=O) groups excluding carboxylic acids is 1. The Kier molecular flexibility index (Phi) is 8.84. The van der Waals surface area contributed by atoms with Crippen molar-refractivity contribution in [3.8, 4) is 0 Å². The number of quaternary nitrogens is 1. The fraction of sp³-hybridized carbons (Fsp3) is 0.957. The van der Waals surface area contributed by atoms with Crippen molar-refractivity contribution >= 4 is 5.97 Å². The fourth-order valence-electron chi connectivity index (χ4n) is 5.85. The number of ether oxygens (including phenoxy) is 2. The molecule has 3 rings (SSSR count). The average molecular weight is 460 g/mol. The van der Waals surface area contributed by atoms with E-state index in [4.69, 9.17) is 9.47 Å². The van der Waals surface area contributed by atoms with Gasteiger partial charge in [0.05, 0.1) is 37.3 Å². The van der Waals surface area contributed by atoms with Crippen LogP contribution in [0.25, 0.3) is 0 Å². The van der Waals surface area contributed by atoms with E-state index >= 15 is 0 Å². The van der Waals surface area contributed by atoms with Crippen molar-refractivity contribution in [2.45, 2.75) is 103 Å². The summed E-state index contributed by atoms with van der Waals surface area (Å²) in [6.45, 7) is 10.5. The molecule has 0 amide bonds. The van der Waals surface area contributed by atoms with Crippen molar-refractivity contribution in [1.82, 2.24) is 0 Å². The Morgan fingerprint density at radius 2 is 1.39 bits per heavy atom. The highest BCUT2D eigenvalue weighted by atomic mass is 79.9. The number of nitrogens with zero attached hydrogens (tertiary/aromatic N) is 1. The van der Waals surface area contributed by atoms with Crippen molar-refractivity contribution in [3.05, 3.63) is 0 Å². The quantitative estimate of drug-likeness (QED) is 0.446. The number of hydrogen-bond donors (Lipinski definition) is 0. The van der Waals surface area contributed by atoms with E-state index in [1.165, 1.54) is 25.7 Å². The molecule has 4 unspecified atom stereocenters. The van der Waals surface area contributed by atoms with Crippen LogP contribution in [0.4, 0.5) is 0 Å². The lowest BCUT2D eigenvalue weighted by Gasteiger charge is -2.50. The number of halogens is 1. The van der Waals surface area contributed by atoms with Crippen molar-refractivity contribution in [2.75, 3.05) is 20.2 Å². The molecule has 0 bridgehead atoms. The molecule has 0 spiro atoms. The first kappa shape index (κ1) is 24.1. The molecule has 0 radical (unpaired) electrons. The molecule has 4 atom stereocenters. The molecule has 0 aromatic rings. The highest BCUT2D eigenvalue weighted by Gasteiger charge is 2.50. The van der Waals surface area contributed by atoms with Crippen LogP contribution in [0.15, 0.2) is 0 Å². The maximum Gasteiger partial charge on any atom is 0.309 e. The molecule has 2 saturated carbocycles. The third kappa shape index (κ3) is 4.95. The van der Waals surface area contributed by atoms with E-state index in [1.807, 2.05) is 0 Å². The zero-order chi connectivity index (χ0) is 19.6. The first-order valence-electron chi connectivity index (χ1n) is 11.5. The summed E-state index contributed by atoms with van der Waals surface area (Å²) in [5.74, 6) is 0.931. The van der Waals surface area contributed by atoms with Crippen LogP contribution >= 0.6 is 0 Å². The first-order valence-corrected chi connectivity index (χ1v) is 11.5. The minimum Gasteiger partial charge on any atom is -1.00 e. The van der Waals surface area contributed by atoms with Gasteiger partial charge >= 0.3 is 5.97 Å². The summed E-state index contributed by atoms with van der Waals surface area (Å²) in [6.07, 6.45) is 10.1. The molecule has 28 heavy (non-hydrogen) atoms. The largest absolute Gasteiger partial charge is 1.00 e. The zero-order valence-electron chi connectivity index (χ0n) is 18.7. The van der Waals surface area contributed by atoms with Crippen molar-refractivity contribution < 1.29 is 35.7 Å². The second kappa shape index (κ2) is 10.3. The van der Waals surface area contributed by atoms with E-state index < -0.39 is 0 Å². The van der Waals surface area contributed by atoms with Gasteiger partial charge in [-0.15, -0.1) is 0 Å². The number of esters is 1. The highest BCUT2D eigenvalue weighted by Crippen LogP contribution is 2.47. The summed E-state index contributed by atoms with van der Waals surface area (Å²) in [5.41, 5.74) is 0. The lowest BCUT2D eigenvalue weighted by Crippen LogP contribution is -3.00. The Bertz CT molecular complexity index is 480. The van der Waals surface area contributed by atoms with Gasteiger partial charge in [-0.3, -0.25) is 4.79 Å². The number of likely N-dealkylation sites (N-methyl/N-ethyl adjacent to an activating group) is 1. The Morgan fingerprint density at radius 3 is 1.86 bits per heavy atom. The van der Waals surface area contributed by atoms with Crippen LogP contribution in [0, 0.1) is 17.8 Å². The Morgan fingerprint density at radius 1 is 0.929 bits per heavy atom. The van der Waals surface area contributed by atoms with Crippen LogP contribution in [-0.2, 0) is 14.3 Å². The van der Waals surface area contributed by atoms with Gasteiger partial charge < -0.3 is 30.9 Å². The van der Waals surface area contributed by atoms with Gasteiger partial charge in [-0.25, -0.2) is 0 Å². The van der Waals surface area contributed by atoms with E-state index in [2.05, 4.69) is 34.7 Å². The second-order valence-corrected chi connectivity index (χ2v) is 10.1. The molecule has 164 valence electrons. The summed E-state index contributed by atoms with van der Waals surface area (Å²) >= 11 is 0. The van der Waals surface area contributed by atoms with Gasteiger partial charge in [0.1, 0.15) is 13.2 Å². The van der Waals surface area contributed by atoms with E-state index in [1.54, 1.807) is 0 Å². The number of hydrogen-bond acceptors (Lipinski definition) is 3. The van der Waals surface area contributed by atoms with Crippen LogP contribution in [0.2, 0.25) is 0 Å². The Hall–Kier alpha value is -0.130. The zero-order valence-corrected chi connectivity index (χ0v) is 20.2. The summed E-state index contributed by atoms with van der Waals surface area (Å²) in [7, 11) is 2.28. The molecular weight excluding hydrogens is 418 g/mol. The minimum absolute atomic E-state index is 0. The second-order valence-electron chi connectivity index (χ2n) is 10.1. The highest BCUT2D eigenvalue weighted by molar-refractivity contribution is 5.73. The molecule has 2 aliphatic carbocycles. The van der Waals surface area contributed by atoms with E-state index in [9.17, 15) is 4.79 Å². The molecule has 1 heterocycles. The lowest BCUT2D eigenvalue weighted by molar-refractivity contribution is -0.949. The maximum atomic E-state index is 13.2. The standard InChI is InChI=1S/C23H42NO3.BrH/c1-16(2)24(5,17(3)4)14-15-26-23(25)22-18-10-6-8-12-20(18)27-21-13-9-7-11-19(21)22;/h16-22H,6-15H2,1-5H3;1H/q+1;/p-1. The van der Waals surface area contributed by atoms with E-state index in [0.717, 1.165) is 36.7 Å². The molecule has 3 aliphatic rings. The van der Waals surface area contributed by atoms with Gasteiger partial charge in [0, 0.05) is 0 Å². The third-order valence-corrected chi connectivity index (χ3v) is 8.23. The van der Waals surface area contributed by atoms with Crippen molar-refractivity contribution in [2.24, 2.45) is 17.8 Å². The first-order chi connectivity index (χ1) is 12.8. The predicted molar refractivity (Wildman–Crippen MR) is 108 cm³/mol. The van der Waals surface area contributed by atoms with Gasteiger partial charge in [0.25, 0.3) is 0 Å².